The van der Waals surface area contributed by atoms with Gasteiger partial charge in [0.05, 0.1) is 0 Å². The summed E-state index contributed by atoms with van der Waals surface area (Å²) in [6.45, 7) is 12.2. The first kappa shape index (κ1) is 16.4. The van der Waals surface area contributed by atoms with E-state index in [1.165, 1.54) is 0 Å². The molecule has 1 N–H and O–H groups in total. The summed E-state index contributed by atoms with van der Waals surface area (Å²) in [6.07, 6.45) is 0. The average Bonchev–Trinajstić information content (AvgIpc) is 2.26. The maximum Gasteiger partial charge on any atom is 0.428 e. The molecule has 5 heteroatoms. The topological polar surface area (TPSA) is 38.7 Å². The summed E-state index contributed by atoms with van der Waals surface area (Å²) in [5, 5.41) is 0. The van der Waals surface area contributed by atoms with E-state index in [0.717, 1.165) is 11.1 Å². The fraction of sp³-hybridized carbons (Fsp3) is 0.571. The normalized spacial score (nSPS) is 14.3. The van der Waals surface area contributed by atoms with Gasteiger partial charge < -0.3 is 9.42 Å². The standard InChI is InChI=1S/C14H22FO3P/c1-13(2,3)10-8-7-9-11(14(4,5)6)12(10)17-19(16)18-15/h7-9,16H,1-6H3. The van der Waals surface area contributed by atoms with Crippen LogP contribution in [0.3, 0.4) is 0 Å². The zero-order valence-electron chi connectivity index (χ0n) is 12.3. The highest BCUT2D eigenvalue weighted by molar-refractivity contribution is 7.40. The van der Waals surface area contributed by atoms with Crippen molar-refractivity contribution in [1.82, 2.24) is 0 Å². The third-order valence-corrected chi connectivity index (χ3v) is 3.32. The van der Waals surface area contributed by atoms with Crippen LogP contribution >= 0.6 is 8.60 Å². The SMILES string of the molecule is CC(C)(C)c1cccc(C(C)(C)C)c1OP(O)OF. The van der Waals surface area contributed by atoms with E-state index in [0.29, 0.717) is 5.75 Å². The van der Waals surface area contributed by atoms with Gasteiger partial charge in [-0.3, -0.25) is 0 Å². The minimum absolute atomic E-state index is 0.178. The predicted molar refractivity (Wildman–Crippen MR) is 75.8 cm³/mol. The average molecular weight is 288 g/mol. The molecule has 0 spiro atoms. The Kier molecular flexibility index (Phi) is 4.94. The van der Waals surface area contributed by atoms with Crippen molar-refractivity contribution in [2.75, 3.05) is 0 Å². The molecule has 1 unspecified atom stereocenters. The van der Waals surface area contributed by atoms with Crippen molar-refractivity contribution in [2.24, 2.45) is 0 Å². The number of para-hydroxylation sites is 1. The lowest BCUT2D eigenvalue weighted by molar-refractivity contribution is -0.0180. The monoisotopic (exact) mass is 288 g/mol. The van der Waals surface area contributed by atoms with Crippen molar-refractivity contribution < 1.29 is 18.7 Å². The van der Waals surface area contributed by atoms with Crippen LogP contribution < -0.4 is 4.52 Å². The highest BCUT2D eigenvalue weighted by Gasteiger charge is 2.28. The third kappa shape index (κ3) is 4.13. The Morgan fingerprint density at radius 3 is 1.74 bits per heavy atom. The maximum absolute atomic E-state index is 12.1. The highest BCUT2D eigenvalue weighted by Crippen LogP contribution is 2.45. The maximum atomic E-state index is 12.1. The molecule has 0 aliphatic rings. The Labute approximate surface area is 115 Å². The second kappa shape index (κ2) is 5.74. The van der Waals surface area contributed by atoms with E-state index < -0.39 is 8.60 Å². The molecule has 1 aromatic carbocycles. The van der Waals surface area contributed by atoms with Gasteiger partial charge in [-0.15, -0.1) is 0 Å². The van der Waals surface area contributed by atoms with E-state index in [2.05, 4.69) is 4.73 Å². The number of halogens is 1. The lowest BCUT2D eigenvalue weighted by Gasteiger charge is -2.29. The molecule has 108 valence electrons. The molecule has 0 fully saturated rings. The van der Waals surface area contributed by atoms with E-state index in [4.69, 9.17) is 4.52 Å². The molecule has 0 aromatic heterocycles. The molecule has 1 rings (SSSR count). The van der Waals surface area contributed by atoms with Gasteiger partial charge in [0.1, 0.15) is 5.75 Å². The van der Waals surface area contributed by atoms with Crippen LogP contribution in [0.25, 0.3) is 0 Å². The van der Waals surface area contributed by atoms with Crippen LogP contribution in [-0.4, -0.2) is 4.89 Å². The van der Waals surface area contributed by atoms with Gasteiger partial charge in [0, 0.05) is 11.1 Å². The Morgan fingerprint density at radius 2 is 1.42 bits per heavy atom. The summed E-state index contributed by atoms with van der Waals surface area (Å²) in [7, 11) is -2.55. The van der Waals surface area contributed by atoms with Crippen LogP contribution in [0.5, 0.6) is 5.75 Å². The number of hydrogen-bond donors (Lipinski definition) is 1. The lowest BCUT2D eigenvalue weighted by atomic mass is 9.80. The second-order valence-corrected chi connectivity index (χ2v) is 7.38. The van der Waals surface area contributed by atoms with E-state index >= 15 is 0 Å². The van der Waals surface area contributed by atoms with Gasteiger partial charge >= 0.3 is 8.60 Å². The van der Waals surface area contributed by atoms with Crippen molar-refractivity contribution in [3.63, 3.8) is 0 Å². The van der Waals surface area contributed by atoms with Gasteiger partial charge in [-0.2, -0.15) is 0 Å². The van der Waals surface area contributed by atoms with E-state index in [9.17, 15) is 9.42 Å². The Bertz CT molecular complexity index is 403. The fourth-order valence-corrected chi connectivity index (χ4v) is 2.29. The van der Waals surface area contributed by atoms with Crippen LogP contribution in [0.4, 0.5) is 4.53 Å². The molecule has 19 heavy (non-hydrogen) atoms. The fourth-order valence-electron chi connectivity index (χ4n) is 1.91. The van der Waals surface area contributed by atoms with Gasteiger partial charge in [-0.05, 0) is 15.4 Å². The number of benzene rings is 1. The highest BCUT2D eigenvalue weighted by atomic mass is 31.2. The smallest absolute Gasteiger partial charge is 0.425 e. The largest absolute Gasteiger partial charge is 0.428 e. The summed E-state index contributed by atoms with van der Waals surface area (Å²) in [4.78, 5) is 9.34. The summed E-state index contributed by atoms with van der Waals surface area (Å²) in [6, 6.07) is 5.79. The zero-order chi connectivity index (χ0) is 14.8. The minimum Gasteiger partial charge on any atom is -0.425 e. The second-order valence-electron chi connectivity index (χ2n) is 6.58. The van der Waals surface area contributed by atoms with Gasteiger partial charge in [-0.1, -0.05) is 64.5 Å². The third-order valence-electron chi connectivity index (χ3n) is 2.86. The van der Waals surface area contributed by atoms with E-state index in [1.54, 1.807) is 0 Å². The molecular formula is C14H22FO3P. The van der Waals surface area contributed by atoms with Crippen molar-refractivity contribution in [3.8, 4) is 5.75 Å². The van der Waals surface area contributed by atoms with Crippen molar-refractivity contribution in [1.29, 1.82) is 0 Å². The lowest BCUT2D eigenvalue weighted by Crippen LogP contribution is -2.18. The van der Waals surface area contributed by atoms with E-state index in [1.807, 2.05) is 59.7 Å². The summed E-state index contributed by atoms with van der Waals surface area (Å²) in [5.74, 6) is 0.508. The molecule has 0 bridgehead atoms. The molecule has 0 aliphatic heterocycles. The summed E-state index contributed by atoms with van der Waals surface area (Å²) >= 11 is 0. The summed E-state index contributed by atoms with van der Waals surface area (Å²) < 4.78 is 20.8. The van der Waals surface area contributed by atoms with Gasteiger partial charge in [0.15, 0.2) is 0 Å². The molecule has 1 atom stereocenters. The molecule has 1 aromatic rings. The predicted octanol–water partition coefficient (Wildman–Crippen LogP) is 4.78. The van der Waals surface area contributed by atoms with Crippen LogP contribution in [0.1, 0.15) is 52.7 Å². The molecule has 0 saturated heterocycles. The van der Waals surface area contributed by atoms with E-state index in [-0.39, 0.29) is 10.8 Å². The minimum atomic E-state index is -2.55. The molecule has 0 amide bonds. The first-order valence-electron chi connectivity index (χ1n) is 6.17. The molecule has 0 saturated carbocycles. The quantitative estimate of drug-likeness (QED) is 0.813. The van der Waals surface area contributed by atoms with Crippen LogP contribution in [0, 0.1) is 0 Å². The first-order valence-corrected chi connectivity index (χ1v) is 7.30. The molecule has 3 nitrogen and oxygen atoms in total. The number of hydrogen-bond acceptors (Lipinski definition) is 3. The number of rotatable bonds is 3. The van der Waals surface area contributed by atoms with Crippen molar-refractivity contribution >= 4 is 8.60 Å². The van der Waals surface area contributed by atoms with Gasteiger partial charge in [0.2, 0.25) is 0 Å². The molecule has 0 radical (unpaired) electrons. The van der Waals surface area contributed by atoms with Gasteiger partial charge in [-0.25, -0.2) is 0 Å². The Hall–Kier alpha value is -0.700. The van der Waals surface area contributed by atoms with Crippen LogP contribution in [0.2, 0.25) is 0 Å². The Morgan fingerprint density at radius 1 is 1.00 bits per heavy atom. The zero-order valence-corrected chi connectivity index (χ0v) is 13.2. The summed E-state index contributed by atoms with van der Waals surface area (Å²) in [5.41, 5.74) is 1.48. The van der Waals surface area contributed by atoms with Crippen LogP contribution in [0.15, 0.2) is 18.2 Å². The molecule has 0 aliphatic carbocycles. The van der Waals surface area contributed by atoms with Gasteiger partial charge in [0.25, 0.3) is 0 Å². The molecular weight excluding hydrogens is 266 g/mol. The van der Waals surface area contributed by atoms with Crippen LogP contribution in [-0.2, 0) is 15.6 Å². The van der Waals surface area contributed by atoms with Crippen molar-refractivity contribution in [3.05, 3.63) is 29.3 Å². The van der Waals surface area contributed by atoms with Crippen molar-refractivity contribution in [2.45, 2.75) is 52.4 Å². The Balaban J connectivity index is 3.41. The first-order chi connectivity index (χ1) is 8.57. The molecule has 0 heterocycles.